The third kappa shape index (κ3) is 6.87. The molecule has 3 aromatic heterocycles. The van der Waals surface area contributed by atoms with Gasteiger partial charge in [-0.15, -0.1) is 11.3 Å². The van der Waals surface area contributed by atoms with Crippen LogP contribution < -0.4 is 22.1 Å². The SMILES string of the molecule is CNC(=O)[C@@]12C[C@@H]1C(n1cnc3c(NC)nc(C#Cc4ccc(Cl)s4)nc31)[C@H](OC(=O)CN(C)C(=O)CN)[C@@H]2OC(=O)CN(C)C(=O)CN. The van der Waals surface area contributed by atoms with Crippen molar-refractivity contribution in [2.45, 2.75) is 24.7 Å². The van der Waals surface area contributed by atoms with Gasteiger partial charge >= 0.3 is 11.9 Å². The minimum absolute atomic E-state index is 0.153. The zero-order valence-electron chi connectivity index (χ0n) is 27.1. The summed E-state index contributed by atoms with van der Waals surface area (Å²) in [7, 11) is 5.88. The number of imidazole rings is 1. The Morgan fingerprint density at radius 3 is 2.27 bits per heavy atom. The van der Waals surface area contributed by atoms with Gasteiger partial charge in [0.15, 0.2) is 29.2 Å². The van der Waals surface area contributed by atoms with Gasteiger partial charge in [0.05, 0.1) is 40.1 Å². The van der Waals surface area contributed by atoms with E-state index in [1.54, 1.807) is 23.7 Å². The van der Waals surface area contributed by atoms with E-state index in [0.29, 0.717) is 26.2 Å². The number of nitrogens with zero attached hydrogens (tertiary/aromatic N) is 6. The smallest absolute Gasteiger partial charge is 0.326 e. The molecule has 0 saturated heterocycles. The summed E-state index contributed by atoms with van der Waals surface area (Å²) in [5.41, 5.74) is 10.3. The molecule has 2 aliphatic carbocycles. The first-order chi connectivity index (χ1) is 23.4. The third-order valence-electron chi connectivity index (χ3n) is 8.57. The molecule has 3 aromatic rings. The second-order valence-corrected chi connectivity index (χ2v) is 13.2. The Bertz CT molecular complexity index is 1870. The van der Waals surface area contributed by atoms with Gasteiger partial charge in [-0.3, -0.25) is 24.0 Å². The highest BCUT2D eigenvalue weighted by atomic mass is 35.5. The van der Waals surface area contributed by atoms with Crippen molar-refractivity contribution in [3.63, 3.8) is 0 Å². The maximum atomic E-state index is 13.6. The number of amides is 3. The fourth-order valence-electron chi connectivity index (χ4n) is 6.14. The number of rotatable bonds is 11. The van der Waals surface area contributed by atoms with Gasteiger partial charge in [0.1, 0.15) is 13.1 Å². The van der Waals surface area contributed by atoms with Crippen LogP contribution >= 0.6 is 22.9 Å². The fraction of sp³-hybridized carbons (Fsp3) is 0.467. The van der Waals surface area contributed by atoms with Gasteiger partial charge in [-0.05, 0) is 30.4 Å². The number of halogens is 1. The molecule has 3 amide bonds. The van der Waals surface area contributed by atoms with Crippen LogP contribution in [0.25, 0.3) is 11.2 Å². The van der Waals surface area contributed by atoms with Crippen LogP contribution in [0.15, 0.2) is 18.5 Å². The third-order valence-corrected chi connectivity index (χ3v) is 9.72. The zero-order chi connectivity index (χ0) is 35.6. The predicted molar refractivity (Wildman–Crippen MR) is 177 cm³/mol. The largest absolute Gasteiger partial charge is 0.456 e. The van der Waals surface area contributed by atoms with Crippen molar-refractivity contribution in [3.8, 4) is 11.8 Å². The first-order valence-corrected chi connectivity index (χ1v) is 16.3. The highest BCUT2D eigenvalue weighted by Crippen LogP contribution is 2.69. The van der Waals surface area contributed by atoms with E-state index in [9.17, 15) is 24.0 Å². The fourth-order valence-corrected chi connectivity index (χ4v) is 7.04. The number of carbonyl (C=O) groups is 5. The first kappa shape index (κ1) is 35.5. The van der Waals surface area contributed by atoms with Crippen molar-refractivity contribution in [2.75, 3.05) is 59.7 Å². The minimum Gasteiger partial charge on any atom is -0.456 e. The molecule has 1 unspecified atom stereocenters. The van der Waals surface area contributed by atoms with E-state index in [0.717, 1.165) is 9.80 Å². The average molecular weight is 715 g/mol. The topological polar surface area (TPSA) is 230 Å². The van der Waals surface area contributed by atoms with E-state index in [4.69, 9.17) is 32.5 Å². The van der Waals surface area contributed by atoms with E-state index < -0.39 is 72.3 Å². The Morgan fingerprint density at radius 2 is 1.69 bits per heavy atom. The molecule has 6 N–H and O–H groups in total. The quantitative estimate of drug-likeness (QED) is 0.137. The lowest BCUT2D eigenvalue weighted by Crippen LogP contribution is -2.48. The lowest BCUT2D eigenvalue weighted by molar-refractivity contribution is -0.176. The van der Waals surface area contributed by atoms with Crippen molar-refractivity contribution in [1.82, 2.24) is 34.6 Å². The first-order valence-electron chi connectivity index (χ1n) is 15.1. The molecule has 0 radical (unpaired) electrons. The molecule has 260 valence electrons. The summed E-state index contributed by atoms with van der Waals surface area (Å²) in [5.74, 6) is 2.83. The number of thiophene rings is 1. The molecule has 2 saturated carbocycles. The summed E-state index contributed by atoms with van der Waals surface area (Å²) in [6.07, 6.45) is -0.794. The number of aromatic nitrogens is 4. The van der Waals surface area contributed by atoms with Crippen molar-refractivity contribution >= 4 is 69.6 Å². The second-order valence-electron chi connectivity index (χ2n) is 11.5. The minimum atomic E-state index is -1.30. The van der Waals surface area contributed by atoms with Gasteiger partial charge < -0.3 is 45.9 Å². The Labute approximate surface area is 289 Å². The molecule has 0 aliphatic heterocycles. The highest BCUT2D eigenvalue weighted by Gasteiger charge is 2.78. The van der Waals surface area contributed by atoms with Crippen molar-refractivity contribution in [3.05, 3.63) is 33.5 Å². The molecule has 17 nitrogen and oxygen atoms in total. The summed E-state index contributed by atoms with van der Waals surface area (Å²) in [5, 5.41) is 5.65. The van der Waals surface area contributed by atoms with E-state index in [1.165, 1.54) is 38.8 Å². The molecule has 19 heteroatoms. The summed E-state index contributed by atoms with van der Waals surface area (Å²) in [6, 6.07) is 2.68. The number of nitrogens with one attached hydrogen (secondary N) is 2. The van der Waals surface area contributed by atoms with E-state index >= 15 is 0 Å². The van der Waals surface area contributed by atoms with Crippen molar-refractivity contribution < 1.29 is 33.4 Å². The number of fused-ring (bicyclic) bond motifs is 2. The monoisotopic (exact) mass is 714 g/mol. The van der Waals surface area contributed by atoms with Crippen molar-refractivity contribution in [2.24, 2.45) is 22.8 Å². The van der Waals surface area contributed by atoms with Crippen LogP contribution in [0.4, 0.5) is 5.82 Å². The summed E-state index contributed by atoms with van der Waals surface area (Å²) in [4.78, 5) is 80.9. The summed E-state index contributed by atoms with van der Waals surface area (Å²) < 4.78 is 14.1. The van der Waals surface area contributed by atoms with Crippen LogP contribution in [-0.4, -0.2) is 126 Å². The molecule has 0 spiro atoms. The van der Waals surface area contributed by atoms with E-state index in [2.05, 4.69) is 37.4 Å². The van der Waals surface area contributed by atoms with Crippen LogP contribution in [0.5, 0.6) is 0 Å². The Morgan fingerprint density at radius 1 is 1.04 bits per heavy atom. The van der Waals surface area contributed by atoms with Crippen LogP contribution in [0.1, 0.15) is 23.2 Å². The Hall–Kier alpha value is -4.83. The van der Waals surface area contributed by atoms with E-state index in [-0.39, 0.29) is 25.3 Å². The number of carbonyl (C=O) groups excluding carboxylic acids is 5. The van der Waals surface area contributed by atoms with Crippen molar-refractivity contribution in [1.29, 1.82) is 0 Å². The van der Waals surface area contributed by atoms with Gasteiger partial charge in [0.25, 0.3) is 0 Å². The van der Waals surface area contributed by atoms with Gasteiger partial charge in [0, 0.05) is 34.1 Å². The molecular formula is C30H35ClN10O7S. The number of likely N-dealkylation sites (N-methyl/N-ethyl adjacent to an activating group) is 2. The number of hydrogen-bond acceptors (Lipinski definition) is 14. The van der Waals surface area contributed by atoms with Crippen LogP contribution in [0.2, 0.25) is 4.34 Å². The molecule has 0 aromatic carbocycles. The van der Waals surface area contributed by atoms with Gasteiger partial charge in [0.2, 0.25) is 23.5 Å². The number of hydrogen-bond donors (Lipinski definition) is 4. The lowest BCUT2D eigenvalue weighted by atomic mass is 9.97. The molecular weight excluding hydrogens is 680 g/mol. The summed E-state index contributed by atoms with van der Waals surface area (Å²) >= 11 is 7.35. The Kier molecular flexibility index (Phi) is 10.4. The summed E-state index contributed by atoms with van der Waals surface area (Å²) in [6.45, 7) is -1.59. The Balaban J connectivity index is 1.59. The van der Waals surface area contributed by atoms with Gasteiger partial charge in [-0.25, -0.2) is 15.0 Å². The highest BCUT2D eigenvalue weighted by molar-refractivity contribution is 7.16. The number of anilines is 1. The number of nitrogens with two attached hydrogens (primary N) is 2. The maximum absolute atomic E-state index is 13.6. The average Bonchev–Trinajstić information content (AvgIpc) is 3.31. The molecule has 5 atom stereocenters. The zero-order valence-corrected chi connectivity index (χ0v) is 28.6. The van der Waals surface area contributed by atoms with Crippen LogP contribution in [0.3, 0.4) is 0 Å². The molecule has 49 heavy (non-hydrogen) atoms. The molecule has 2 aliphatic rings. The maximum Gasteiger partial charge on any atom is 0.326 e. The lowest BCUT2D eigenvalue weighted by Gasteiger charge is -2.31. The number of ether oxygens (including phenoxy) is 2. The van der Waals surface area contributed by atoms with Crippen LogP contribution in [-0.2, 0) is 33.4 Å². The standard InChI is InChI=1S/C30H35ClN10O7S/c1-34-27-23-28(38-18(37-27)8-6-15-5-7-17(31)49-15)41(14-36-23)24-16-9-30(16,29(46)35-2)26(48-22(45)13-40(4)20(43)11-33)25(24)47-21(44)12-39(3)19(42)10-32/h5,7,14,16,24-26H,9-13,32-33H2,1-4H3,(H,35,46)(H,34,37,38)/t16-,24?,25+,26+,30+/m1/s1. The molecule has 3 heterocycles. The van der Waals surface area contributed by atoms with Crippen LogP contribution in [0, 0.1) is 23.2 Å². The molecule has 5 rings (SSSR count). The van der Waals surface area contributed by atoms with Gasteiger partial charge in [-0.2, -0.15) is 0 Å². The molecule has 2 fully saturated rings. The number of esters is 2. The second kappa shape index (κ2) is 14.3. The molecule has 0 bridgehead atoms. The van der Waals surface area contributed by atoms with Gasteiger partial charge in [-0.1, -0.05) is 11.6 Å². The predicted octanol–water partition coefficient (Wildman–Crippen LogP) is -1.05. The normalized spacial score (nSPS) is 21.9. The van der Waals surface area contributed by atoms with E-state index in [1.807, 2.05) is 0 Å².